The van der Waals surface area contributed by atoms with Crippen LogP contribution in [0.1, 0.15) is 32.3 Å². The molecule has 0 radical (unpaired) electrons. The predicted molar refractivity (Wildman–Crippen MR) is 76.2 cm³/mol. The number of carbonyl (C=O) groups excluding carboxylic acids is 1. The van der Waals surface area contributed by atoms with E-state index in [4.69, 9.17) is 10.00 Å². The van der Waals surface area contributed by atoms with Gasteiger partial charge in [0.2, 0.25) is 0 Å². The van der Waals surface area contributed by atoms with Crippen LogP contribution in [-0.2, 0) is 4.79 Å². The number of carbonyl (C=O) groups is 1. The van der Waals surface area contributed by atoms with Gasteiger partial charge in [-0.3, -0.25) is 4.79 Å². The Bertz CT molecular complexity index is 504. The van der Waals surface area contributed by atoms with Crippen molar-refractivity contribution in [2.75, 3.05) is 13.1 Å². The molecule has 2 unspecified atom stereocenters. The fourth-order valence-electron chi connectivity index (χ4n) is 2.51. The highest BCUT2D eigenvalue weighted by molar-refractivity contribution is 5.81. The number of amides is 1. The van der Waals surface area contributed by atoms with Gasteiger partial charge in [-0.05, 0) is 49.9 Å². The van der Waals surface area contributed by atoms with Crippen molar-refractivity contribution < 1.29 is 9.53 Å². The average molecular weight is 272 g/mol. The highest BCUT2D eigenvalue weighted by atomic mass is 16.5. The molecular weight excluding hydrogens is 252 g/mol. The standard InChI is InChI=1S/C16H20N2O2/c1-12-4-3-9-18(11-12)16(19)13(2)20-15-7-5-14(10-17)6-8-15/h5-8,12-13H,3-4,9,11H2,1-2H3. The van der Waals surface area contributed by atoms with Crippen LogP contribution in [0.15, 0.2) is 24.3 Å². The molecule has 20 heavy (non-hydrogen) atoms. The normalized spacial score (nSPS) is 20.1. The monoisotopic (exact) mass is 272 g/mol. The maximum Gasteiger partial charge on any atom is 0.263 e. The quantitative estimate of drug-likeness (QED) is 0.849. The smallest absolute Gasteiger partial charge is 0.263 e. The SMILES string of the molecule is CC1CCCN(C(=O)C(C)Oc2ccc(C#N)cc2)C1. The number of nitriles is 1. The van der Waals surface area contributed by atoms with Gasteiger partial charge in [0, 0.05) is 13.1 Å². The Hall–Kier alpha value is -2.02. The Morgan fingerprint density at radius 1 is 1.45 bits per heavy atom. The van der Waals surface area contributed by atoms with Crippen molar-refractivity contribution in [3.8, 4) is 11.8 Å². The molecule has 0 aromatic heterocycles. The molecule has 4 heteroatoms. The van der Waals surface area contributed by atoms with E-state index in [-0.39, 0.29) is 5.91 Å². The third kappa shape index (κ3) is 3.51. The summed E-state index contributed by atoms with van der Waals surface area (Å²) in [5.41, 5.74) is 0.584. The van der Waals surface area contributed by atoms with E-state index in [9.17, 15) is 4.79 Å². The lowest BCUT2D eigenvalue weighted by Crippen LogP contribution is -2.45. The van der Waals surface area contributed by atoms with Gasteiger partial charge in [-0.2, -0.15) is 5.26 Å². The number of benzene rings is 1. The molecule has 4 nitrogen and oxygen atoms in total. The second-order valence-electron chi connectivity index (χ2n) is 5.43. The van der Waals surface area contributed by atoms with Crippen LogP contribution in [0.2, 0.25) is 0 Å². The molecule has 1 heterocycles. The molecule has 2 rings (SSSR count). The summed E-state index contributed by atoms with van der Waals surface area (Å²) in [6.45, 7) is 5.59. The Morgan fingerprint density at radius 3 is 2.75 bits per heavy atom. The first-order valence-electron chi connectivity index (χ1n) is 7.05. The van der Waals surface area contributed by atoms with Crippen LogP contribution >= 0.6 is 0 Å². The first-order valence-corrected chi connectivity index (χ1v) is 7.05. The van der Waals surface area contributed by atoms with E-state index in [0.29, 0.717) is 17.2 Å². The van der Waals surface area contributed by atoms with Crippen molar-refractivity contribution >= 4 is 5.91 Å². The van der Waals surface area contributed by atoms with Crippen molar-refractivity contribution in [3.63, 3.8) is 0 Å². The molecule has 0 saturated carbocycles. The third-order valence-corrected chi connectivity index (χ3v) is 3.61. The topological polar surface area (TPSA) is 53.3 Å². The van der Waals surface area contributed by atoms with Gasteiger partial charge in [-0.15, -0.1) is 0 Å². The van der Waals surface area contributed by atoms with Crippen LogP contribution in [0, 0.1) is 17.2 Å². The van der Waals surface area contributed by atoms with Crippen molar-refractivity contribution in [3.05, 3.63) is 29.8 Å². The Kier molecular flexibility index (Phi) is 4.62. The molecule has 1 aliphatic rings. The molecule has 0 spiro atoms. The van der Waals surface area contributed by atoms with Crippen LogP contribution in [0.3, 0.4) is 0 Å². The minimum Gasteiger partial charge on any atom is -0.481 e. The number of hydrogen-bond donors (Lipinski definition) is 0. The summed E-state index contributed by atoms with van der Waals surface area (Å²) in [4.78, 5) is 14.2. The third-order valence-electron chi connectivity index (χ3n) is 3.61. The Morgan fingerprint density at radius 2 is 2.15 bits per heavy atom. The zero-order chi connectivity index (χ0) is 14.5. The van der Waals surface area contributed by atoms with Gasteiger partial charge in [0.1, 0.15) is 5.75 Å². The highest BCUT2D eigenvalue weighted by Gasteiger charge is 2.25. The van der Waals surface area contributed by atoms with Crippen molar-refractivity contribution in [2.45, 2.75) is 32.8 Å². The molecule has 1 amide bonds. The lowest BCUT2D eigenvalue weighted by molar-refractivity contribution is -0.139. The van der Waals surface area contributed by atoms with Gasteiger partial charge in [0.15, 0.2) is 6.10 Å². The molecular formula is C16H20N2O2. The van der Waals surface area contributed by atoms with Crippen LogP contribution in [0.4, 0.5) is 0 Å². The molecule has 1 aromatic rings. The number of nitrogens with zero attached hydrogens (tertiary/aromatic N) is 2. The molecule has 106 valence electrons. The summed E-state index contributed by atoms with van der Waals surface area (Å²) < 4.78 is 5.66. The largest absolute Gasteiger partial charge is 0.481 e. The second-order valence-corrected chi connectivity index (χ2v) is 5.43. The summed E-state index contributed by atoms with van der Waals surface area (Å²) in [5.74, 6) is 1.23. The maximum absolute atomic E-state index is 12.3. The Balaban J connectivity index is 1.94. The van der Waals surface area contributed by atoms with E-state index < -0.39 is 6.10 Å². The van der Waals surface area contributed by atoms with Crippen LogP contribution < -0.4 is 4.74 Å². The number of likely N-dealkylation sites (tertiary alicyclic amines) is 1. The summed E-state index contributed by atoms with van der Waals surface area (Å²) >= 11 is 0. The number of hydrogen-bond acceptors (Lipinski definition) is 3. The van der Waals surface area contributed by atoms with E-state index in [1.54, 1.807) is 31.2 Å². The van der Waals surface area contributed by atoms with Gasteiger partial charge in [0.05, 0.1) is 11.6 Å². The average Bonchev–Trinajstić information content (AvgIpc) is 2.47. The summed E-state index contributed by atoms with van der Waals surface area (Å²) in [7, 11) is 0. The van der Waals surface area contributed by atoms with E-state index in [1.807, 2.05) is 4.90 Å². The molecule has 0 N–H and O–H groups in total. The molecule has 1 aromatic carbocycles. The summed E-state index contributed by atoms with van der Waals surface area (Å²) in [5, 5.41) is 8.74. The predicted octanol–water partition coefficient (Wildman–Crippen LogP) is 2.58. The van der Waals surface area contributed by atoms with E-state index in [2.05, 4.69) is 13.0 Å². The van der Waals surface area contributed by atoms with Crippen molar-refractivity contribution in [1.29, 1.82) is 5.26 Å². The molecule has 1 fully saturated rings. The van der Waals surface area contributed by atoms with E-state index >= 15 is 0 Å². The minimum absolute atomic E-state index is 0.0425. The first-order chi connectivity index (χ1) is 9.60. The van der Waals surface area contributed by atoms with E-state index in [1.165, 1.54) is 6.42 Å². The molecule has 0 bridgehead atoms. The van der Waals surface area contributed by atoms with Crippen molar-refractivity contribution in [1.82, 2.24) is 4.90 Å². The molecule has 1 aliphatic heterocycles. The molecule has 2 atom stereocenters. The lowest BCUT2D eigenvalue weighted by Gasteiger charge is -2.32. The van der Waals surface area contributed by atoms with Crippen LogP contribution in [0.5, 0.6) is 5.75 Å². The van der Waals surface area contributed by atoms with E-state index in [0.717, 1.165) is 19.5 Å². The summed E-state index contributed by atoms with van der Waals surface area (Å²) in [6, 6.07) is 8.88. The fraction of sp³-hybridized carbons (Fsp3) is 0.500. The summed E-state index contributed by atoms with van der Waals surface area (Å²) in [6.07, 6.45) is 1.76. The van der Waals surface area contributed by atoms with Crippen LogP contribution in [-0.4, -0.2) is 30.0 Å². The molecule has 1 saturated heterocycles. The fourth-order valence-corrected chi connectivity index (χ4v) is 2.51. The van der Waals surface area contributed by atoms with Gasteiger partial charge in [-0.1, -0.05) is 6.92 Å². The highest BCUT2D eigenvalue weighted by Crippen LogP contribution is 2.18. The minimum atomic E-state index is -0.492. The second kappa shape index (κ2) is 6.42. The molecule has 0 aliphatic carbocycles. The van der Waals surface area contributed by atoms with Crippen molar-refractivity contribution in [2.24, 2.45) is 5.92 Å². The number of rotatable bonds is 3. The van der Waals surface area contributed by atoms with Gasteiger partial charge < -0.3 is 9.64 Å². The van der Waals surface area contributed by atoms with Gasteiger partial charge in [-0.25, -0.2) is 0 Å². The van der Waals surface area contributed by atoms with Gasteiger partial charge >= 0.3 is 0 Å². The zero-order valence-corrected chi connectivity index (χ0v) is 12.0. The number of ether oxygens (including phenoxy) is 1. The number of piperidine rings is 1. The zero-order valence-electron chi connectivity index (χ0n) is 12.0. The Labute approximate surface area is 120 Å². The van der Waals surface area contributed by atoms with Crippen LogP contribution in [0.25, 0.3) is 0 Å². The lowest BCUT2D eigenvalue weighted by atomic mass is 10.00. The maximum atomic E-state index is 12.3. The first kappa shape index (κ1) is 14.4. The van der Waals surface area contributed by atoms with Gasteiger partial charge in [0.25, 0.3) is 5.91 Å².